The molecule has 1 aromatic carbocycles. The third-order valence-electron chi connectivity index (χ3n) is 3.33. The number of carbonyl (C=O) groups is 2. The van der Waals surface area contributed by atoms with Gasteiger partial charge in [-0.3, -0.25) is 4.79 Å². The molecule has 6 nitrogen and oxygen atoms in total. The van der Waals surface area contributed by atoms with Gasteiger partial charge in [0.25, 0.3) is 0 Å². The van der Waals surface area contributed by atoms with Crippen LogP contribution in [0.1, 0.15) is 5.56 Å². The van der Waals surface area contributed by atoms with E-state index in [1.54, 1.807) is 23.1 Å². The van der Waals surface area contributed by atoms with E-state index in [9.17, 15) is 9.59 Å². The van der Waals surface area contributed by atoms with Crippen LogP contribution < -0.4 is 10.1 Å². The first-order valence-corrected chi connectivity index (χ1v) is 6.78. The maximum atomic E-state index is 11.9. The van der Waals surface area contributed by atoms with Crippen molar-refractivity contribution in [3.05, 3.63) is 36.0 Å². The van der Waals surface area contributed by atoms with Crippen LogP contribution in [0.25, 0.3) is 6.08 Å². The van der Waals surface area contributed by atoms with Crippen molar-refractivity contribution in [3.8, 4) is 5.75 Å². The topological polar surface area (TPSA) is 61.9 Å². The summed E-state index contributed by atoms with van der Waals surface area (Å²) in [6.07, 6.45) is 4.24. The van der Waals surface area contributed by atoms with Crippen LogP contribution in [0.3, 0.4) is 0 Å². The van der Waals surface area contributed by atoms with Crippen molar-refractivity contribution < 1.29 is 14.3 Å². The number of nitrogens with one attached hydrogen (secondary N) is 1. The lowest BCUT2D eigenvalue weighted by Gasteiger charge is -2.32. The first-order chi connectivity index (χ1) is 10.2. The number of methoxy groups -OCH3 is 1. The highest BCUT2D eigenvalue weighted by Gasteiger charge is 2.18. The highest BCUT2D eigenvalue weighted by Crippen LogP contribution is 2.13. The van der Waals surface area contributed by atoms with Gasteiger partial charge in [-0.1, -0.05) is 12.1 Å². The SMILES string of the molecule is COc1cccc(/C=C/NC(=O)N2CCN(C=O)CC2)c1. The molecule has 112 valence electrons. The van der Waals surface area contributed by atoms with Gasteiger partial charge in [-0.15, -0.1) is 0 Å². The number of hydrogen-bond acceptors (Lipinski definition) is 3. The minimum absolute atomic E-state index is 0.153. The number of piperazine rings is 1. The summed E-state index contributed by atoms with van der Waals surface area (Å²) in [7, 11) is 1.61. The van der Waals surface area contributed by atoms with E-state index in [2.05, 4.69) is 5.32 Å². The van der Waals surface area contributed by atoms with Gasteiger partial charge in [0.2, 0.25) is 6.41 Å². The van der Waals surface area contributed by atoms with Crippen molar-refractivity contribution in [2.45, 2.75) is 0 Å². The van der Waals surface area contributed by atoms with Crippen LogP contribution in [0.5, 0.6) is 5.75 Å². The molecule has 0 spiro atoms. The summed E-state index contributed by atoms with van der Waals surface area (Å²) < 4.78 is 5.14. The normalized spacial score (nSPS) is 15.1. The van der Waals surface area contributed by atoms with Crippen LogP contribution >= 0.6 is 0 Å². The molecular weight excluding hydrogens is 270 g/mol. The van der Waals surface area contributed by atoms with E-state index in [1.165, 1.54) is 0 Å². The Hall–Kier alpha value is -2.50. The Morgan fingerprint density at radius 1 is 1.29 bits per heavy atom. The standard InChI is InChI=1S/C15H19N3O3/c1-21-14-4-2-3-13(11-14)5-6-16-15(20)18-9-7-17(12-19)8-10-18/h2-6,11-12H,7-10H2,1H3,(H,16,20)/b6-5+. The van der Waals surface area contributed by atoms with Crippen LogP contribution in [0.2, 0.25) is 0 Å². The van der Waals surface area contributed by atoms with Gasteiger partial charge in [-0.25, -0.2) is 4.79 Å². The largest absolute Gasteiger partial charge is 0.497 e. The molecule has 1 N–H and O–H groups in total. The lowest BCUT2D eigenvalue weighted by atomic mass is 10.2. The molecule has 0 atom stereocenters. The van der Waals surface area contributed by atoms with Gasteiger partial charge in [-0.05, 0) is 23.8 Å². The Morgan fingerprint density at radius 3 is 2.71 bits per heavy atom. The maximum Gasteiger partial charge on any atom is 0.321 e. The van der Waals surface area contributed by atoms with Gasteiger partial charge in [0.15, 0.2) is 0 Å². The summed E-state index contributed by atoms with van der Waals surface area (Å²) in [5.41, 5.74) is 0.945. The molecular formula is C15H19N3O3. The molecule has 1 aliphatic rings. The molecule has 0 unspecified atom stereocenters. The van der Waals surface area contributed by atoms with Gasteiger partial charge >= 0.3 is 6.03 Å². The number of ether oxygens (including phenoxy) is 1. The van der Waals surface area contributed by atoms with E-state index >= 15 is 0 Å². The number of rotatable bonds is 4. The Kier molecular flexibility index (Phi) is 5.20. The Balaban J connectivity index is 1.83. The minimum Gasteiger partial charge on any atom is -0.497 e. The van der Waals surface area contributed by atoms with E-state index < -0.39 is 0 Å². The summed E-state index contributed by atoms with van der Waals surface area (Å²) in [4.78, 5) is 25.9. The van der Waals surface area contributed by atoms with Gasteiger partial charge < -0.3 is 19.9 Å². The lowest BCUT2D eigenvalue weighted by Crippen LogP contribution is -2.50. The van der Waals surface area contributed by atoms with Crippen LogP contribution in [-0.2, 0) is 4.79 Å². The molecule has 1 fully saturated rings. The van der Waals surface area contributed by atoms with Gasteiger partial charge in [0.1, 0.15) is 5.75 Å². The molecule has 6 heteroatoms. The van der Waals surface area contributed by atoms with E-state index in [0.717, 1.165) is 17.7 Å². The molecule has 0 aliphatic carbocycles. The smallest absolute Gasteiger partial charge is 0.321 e. The van der Waals surface area contributed by atoms with Crippen molar-refractivity contribution >= 4 is 18.5 Å². The molecule has 3 amide bonds. The fourth-order valence-corrected chi connectivity index (χ4v) is 2.08. The quantitative estimate of drug-likeness (QED) is 0.846. The van der Waals surface area contributed by atoms with Crippen molar-refractivity contribution in [1.82, 2.24) is 15.1 Å². The fourth-order valence-electron chi connectivity index (χ4n) is 2.08. The summed E-state index contributed by atoms with van der Waals surface area (Å²) >= 11 is 0. The van der Waals surface area contributed by atoms with Crippen molar-refractivity contribution in [3.63, 3.8) is 0 Å². The molecule has 0 saturated carbocycles. The Bertz CT molecular complexity index is 523. The minimum atomic E-state index is -0.153. The summed E-state index contributed by atoms with van der Waals surface area (Å²) in [6.45, 7) is 2.27. The van der Waals surface area contributed by atoms with Crippen LogP contribution in [0.15, 0.2) is 30.5 Å². The molecule has 0 aromatic heterocycles. The van der Waals surface area contributed by atoms with E-state index in [0.29, 0.717) is 26.2 Å². The molecule has 1 aromatic rings. The first-order valence-electron chi connectivity index (χ1n) is 6.78. The van der Waals surface area contributed by atoms with Gasteiger partial charge in [0, 0.05) is 32.4 Å². The predicted molar refractivity (Wildman–Crippen MR) is 79.8 cm³/mol. The van der Waals surface area contributed by atoms with E-state index in [4.69, 9.17) is 4.74 Å². The first kappa shape index (κ1) is 14.9. The lowest BCUT2D eigenvalue weighted by molar-refractivity contribution is -0.119. The molecule has 0 bridgehead atoms. The van der Waals surface area contributed by atoms with Gasteiger partial charge in [0.05, 0.1) is 7.11 Å². The molecule has 1 aliphatic heterocycles. The van der Waals surface area contributed by atoms with Crippen molar-refractivity contribution in [1.29, 1.82) is 0 Å². The maximum absolute atomic E-state index is 11.9. The van der Waals surface area contributed by atoms with Crippen LogP contribution in [-0.4, -0.2) is 55.5 Å². The zero-order valence-electron chi connectivity index (χ0n) is 12.0. The van der Waals surface area contributed by atoms with Gasteiger partial charge in [-0.2, -0.15) is 0 Å². The second-order valence-corrected chi connectivity index (χ2v) is 4.69. The van der Waals surface area contributed by atoms with Crippen molar-refractivity contribution in [2.75, 3.05) is 33.3 Å². The fraction of sp³-hybridized carbons (Fsp3) is 0.333. The summed E-state index contributed by atoms with van der Waals surface area (Å²) in [6, 6.07) is 7.40. The highest BCUT2D eigenvalue weighted by molar-refractivity contribution is 5.76. The number of nitrogens with zero attached hydrogens (tertiary/aromatic N) is 2. The monoisotopic (exact) mass is 289 g/mol. The van der Waals surface area contributed by atoms with Crippen LogP contribution in [0.4, 0.5) is 4.79 Å². The number of hydrogen-bond donors (Lipinski definition) is 1. The number of benzene rings is 1. The number of carbonyl (C=O) groups excluding carboxylic acids is 2. The zero-order chi connectivity index (χ0) is 15.1. The second-order valence-electron chi connectivity index (χ2n) is 4.69. The van der Waals surface area contributed by atoms with E-state index in [-0.39, 0.29) is 6.03 Å². The average Bonchev–Trinajstić information content (AvgIpc) is 2.55. The predicted octanol–water partition coefficient (Wildman–Crippen LogP) is 1.15. The average molecular weight is 289 g/mol. The van der Waals surface area contributed by atoms with E-state index in [1.807, 2.05) is 30.3 Å². The molecule has 21 heavy (non-hydrogen) atoms. The Labute approximate surface area is 124 Å². The second kappa shape index (κ2) is 7.33. The van der Waals surface area contributed by atoms with Crippen molar-refractivity contribution in [2.24, 2.45) is 0 Å². The number of amides is 3. The zero-order valence-corrected chi connectivity index (χ0v) is 12.0. The third-order valence-corrected chi connectivity index (χ3v) is 3.33. The Morgan fingerprint density at radius 2 is 2.05 bits per heavy atom. The molecule has 2 rings (SSSR count). The third kappa shape index (κ3) is 4.24. The molecule has 1 heterocycles. The number of urea groups is 1. The summed E-state index contributed by atoms with van der Waals surface area (Å²) in [5, 5.41) is 2.73. The molecule has 0 radical (unpaired) electrons. The summed E-state index contributed by atoms with van der Waals surface area (Å²) in [5.74, 6) is 0.772. The molecule has 1 saturated heterocycles. The van der Waals surface area contributed by atoms with Crippen LogP contribution in [0, 0.1) is 0 Å². The highest BCUT2D eigenvalue weighted by atomic mass is 16.5.